The normalized spacial score (nSPS) is 12.1. The zero-order chi connectivity index (χ0) is 27.9. The summed E-state index contributed by atoms with van der Waals surface area (Å²) in [6.45, 7) is 8.54. The van der Waals surface area contributed by atoms with Gasteiger partial charge in [-0.05, 0) is 83.2 Å². The molecule has 0 aliphatic heterocycles. The third kappa shape index (κ3) is 7.80. The fourth-order valence-corrected chi connectivity index (χ4v) is 3.85. The van der Waals surface area contributed by atoms with Gasteiger partial charge in [-0.2, -0.15) is 10.2 Å². The molecule has 1 aliphatic rings. The van der Waals surface area contributed by atoms with Crippen molar-refractivity contribution in [1.29, 1.82) is 5.26 Å². The third-order valence-electron chi connectivity index (χ3n) is 5.31. The first kappa shape index (κ1) is 28.2. The van der Waals surface area contributed by atoms with Crippen molar-refractivity contribution in [3.8, 4) is 34.7 Å². The Morgan fingerprint density at radius 1 is 1.21 bits per heavy atom. The highest BCUT2D eigenvalue weighted by atomic mass is 16.6. The number of benzene rings is 2. The number of carbonyl (C=O) groups excluding carboxylic acids is 1. The molecule has 0 bridgehead atoms. The molecule has 2 aromatic carbocycles. The number of nitrogens with zero attached hydrogens (tertiary/aromatic N) is 3. The van der Waals surface area contributed by atoms with E-state index in [1.54, 1.807) is 32.9 Å². The highest BCUT2D eigenvalue weighted by Gasteiger charge is 2.20. The Kier molecular flexibility index (Phi) is 9.07. The highest BCUT2D eigenvalue weighted by molar-refractivity contribution is 5.76. The van der Waals surface area contributed by atoms with Gasteiger partial charge < -0.3 is 24.4 Å². The van der Waals surface area contributed by atoms with Crippen LogP contribution in [0.15, 0.2) is 40.9 Å². The maximum Gasteiger partial charge on any atom is 0.408 e. The van der Waals surface area contributed by atoms with Crippen LogP contribution in [0.4, 0.5) is 4.79 Å². The summed E-state index contributed by atoms with van der Waals surface area (Å²) < 4.78 is 15.9. The Morgan fingerprint density at radius 3 is 2.63 bits per heavy atom. The summed E-state index contributed by atoms with van der Waals surface area (Å²) >= 11 is 0. The van der Waals surface area contributed by atoms with Crippen LogP contribution in [0.5, 0.6) is 5.75 Å². The molecule has 1 aromatic heterocycles. The lowest BCUT2D eigenvalue weighted by Crippen LogP contribution is -2.35. The molecular weight excluding hydrogens is 488 g/mol. The molecule has 4 rings (SSSR count). The number of hydrogen-bond donors (Lipinski definition) is 2. The smallest absolute Gasteiger partial charge is 0.408 e. The Morgan fingerprint density at radius 2 is 1.97 bits per heavy atom. The summed E-state index contributed by atoms with van der Waals surface area (Å²) in [5, 5.41) is 23.8. The first-order valence-corrected chi connectivity index (χ1v) is 12.3. The van der Waals surface area contributed by atoms with Crippen LogP contribution in [0, 0.1) is 11.3 Å². The SMILES string of the molecule is CC(C)(C)OC(=O)NCC(=O)O.CC(C)Oc1ccc(-c2nc(-c3cccc4c3CCC4)no2)cc1C#N. The Hall–Kier alpha value is -4.39. The van der Waals surface area contributed by atoms with Gasteiger partial charge in [-0.1, -0.05) is 23.4 Å². The number of nitrogens with one attached hydrogen (secondary N) is 1. The molecule has 1 heterocycles. The zero-order valence-electron chi connectivity index (χ0n) is 22.2. The van der Waals surface area contributed by atoms with E-state index in [0.717, 1.165) is 18.4 Å². The van der Waals surface area contributed by atoms with Gasteiger partial charge >= 0.3 is 12.1 Å². The molecule has 0 unspecified atom stereocenters. The molecule has 0 spiro atoms. The maximum absolute atomic E-state index is 10.8. The molecule has 200 valence electrons. The lowest BCUT2D eigenvalue weighted by Gasteiger charge is -2.19. The van der Waals surface area contributed by atoms with Crippen LogP contribution >= 0.6 is 0 Å². The molecule has 3 aromatic rings. The number of carbonyl (C=O) groups is 2. The number of carboxylic acid groups (broad SMARTS) is 1. The zero-order valence-corrected chi connectivity index (χ0v) is 22.2. The summed E-state index contributed by atoms with van der Waals surface area (Å²) in [7, 11) is 0. The summed E-state index contributed by atoms with van der Waals surface area (Å²) in [6, 6.07) is 13.8. The van der Waals surface area contributed by atoms with E-state index in [4.69, 9.17) is 19.1 Å². The molecule has 0 saturated carbocycles. The van der Waals surface area contributed by atoms with Gasteiger partial charge in [-0.25, -0.2) is 4.79 Å². The van der Waals surface area contributed by atoms with Gasteiger partial charge in [0.2, 0.25) is 5.82 Å². The number of carboxylic acids is 1. The molecule has 1 amide bonds. The molecule has 1 aliphatic carbocycles. The van der Waals surface area contributed by atoms with Crippen LogP contribution in [0.1, 0.15) is 57.7 Å². The van der Waals surface area contributed by atoms with Crippen molar-refractivity contribution < 1.29 is 28.7 Å². The van der Waals surface area contributed by atoms with Crippen LogP contribution in [0.2, 0.25) is 0 Å². The molecule has 2 N–H and O–H groups in total. The predicted octanol–water partition coefficient (Wildman–Crippen LogP) is 5.15. The van der Waals surface area contributed by atoms with Crippen molar-refractivity contribution in [3.05, 3.63) is 53.1 Å². The minimum absolute atomic E-state index is 0.00290. The van der Waals surface area contributed by atoms with Crippen molar-refractivity contribution in [2.24, 2.45) is 0 Å². The van der Waals surface area contributed by atoms with Crippen LogP contribution in [-0.2, 0) is 22.4 Å². The van der Waals surface area contributed by atoms with Gasteiger partial charge in [0.15, 0.2) is 0 Å². The molecule has 10 nitrogen and oxygen atoms in total. The first-order chi connectivity index (χ1) is 18.0. The second kappa shape index (κ2) is 12.2. The number of nitriles is 1. The molecule has 10 heteroatoms. The highest BCUT2D eigenvalue weighted by Crippen LogP contribution is 2.33. The van der Waals surface area contributed by atoms with Crippen molar-refractivity contribution in [1.82, 2.24) is 15.5 Å². The van der Waals surface area contributed by atoms with Gasteiger partial charge in [0.25, 0.3) is 5.89 Å². The number of amides is 1. The van der Waals surface area contributed by atoms with E-state index in [1.807, 2.05) is 32.0 Å². The van der Waals surface area contributed by atoms with E-state index in [-0.39, 0.29) is 6.10 Å². The fourth-order valence-electron chi connectivity index (χ4n) is 3.85. The molecule has 38 heavy (non-hydrogen) atoms. The maximum atomic E-state index is 10.8. The summed E-state index contributed by atoms with van der Waals surface area (Å²) in [4.78, 5) is 25.3. The van der Waals surface area contributed by atoms with Crippen molar-refractivity contribution in [2.45, 2.75) is 65.6 Å². The second-order valence-electron chi connectivity index (χ2n) is 9.96. The monoisotopic (exact) mass is 520 g/mol. The lowest BCUT2D eigenvalue weighted by atomic mass is 10.0. The summed E-state index contributed by atoms with van der Waals surface area (Å²) in [5.41, 5.74) is 4.30. The number of hydrogen-bond acceptors (Lipinski definition) is 8. The first-order valence-electron chi connectivity index (χ1n) is 12.3. The molecule has 0 atom stereocenters. The largest absolute Gasteiger partial charge is 0.490 e. The average molecular weight is 521 g/mol. The number of aliphatic carboxylic acids is 1. The quantitative estimate of drug-likeness (QED) is 0.450. The molecule has 0 radical (unpaired) electrons. The van der Waals surface area contributed by atoms with Crippen molar-refractivity contribution in [2.75, 3.05) is 6.54 Å². The number of aromatic nitrogens is 2. The summed E-state index contributed by atoms with van der Waals surface area (Å²) in [5.74, 6) is 0.468. The Bertz CT molecular complexity index is 1330. The molecule has 0 fully saturated rings. The van der Waals surface area contributed by atoms with Crippen LogP contribution in [-0.4, -0.2) is 45.6 Å². The van der Waals surface area contributed by atoms with Crippen LogP contribution < -0.4 is 10.1 Å². The van der Waals surface area contributed by atoms with Gasteiger partial charge in [0, 0.05) is 11.1 Å². The summed E-state index contributed by atoms with van der Waals surface area (Å²) in [6.07, 6.45) is 2.61. The average Bonchev–Trinajstić information content (AvgIpc) is 3.52. The number of aryl methyl sites for hydroxylation is 1. The van der Waals surface area contributed by atoms with Crippen LogP contribution in [0.25, 0.3) is 22.8 Å². The molecule has 0 saturated heterocycles. The van der Waals surface area contributed by atoms with Gasteiger partial charge in [-0.3, -0.25) is 4.79 Å². The van der Waals surface area contributed by atoms with Gasteiger partial charge in [-0.15, -0.1) is 0 Å². The fraction of sp³-hybridized carbons (Fsp3) is 0.393. The number of fused-ring (bicyclic) bond motifs is 1. The van der Waals surface area contributed by atoms with E-state index < -0.39 is 24.2 Å². The number of rotatable bonds is 6. The van der Waals surface area contributed by atoms with Crippen LogP contribution in [0.3, 0.4) is 0 Å². The lowest BCUT2D eigenvalue weighted by molar-refractivity contribution is -0.136. The predicted molar refractivity (Wildman–Crippen MR) is 140 cm³/mol. The third-order valence-corrected chi connectivity index (χ3v) is 5.31. The van der Waals surface area contributed by atoms with Gasteiger partial charge in [0.1, 0.15) is 24.0 Å². The Labute approximate surface area is 221 Å². The standard InChI is InChI=1S/C21H19N3O2.C7H13NO4/c1-13(2)25-19-10-9-15(11-16(19)12-22)21-23-20(24-26-21)18-8-4-6-14-5-3-7-17(14)18;1-7(2,3)12-6(11)8-4-5(9)10/h4,6,8-11,13H,3,5,7H2,1-2H3;4H2,1-3H3,(H,8,11)(H,9,10). The minimum atomic E-state index is -1.10. The number of ether oxygens (including phenoxy) is 2. The molecular formula is C28H32N4O6. The topological polar surface area (TPSA) is 148 Å². The van der Waals surface area contributed by atoms with Gasteiger partial charge in [0.05, 0.1) is 11.7 Å². The van der Waals surface area contributed by atoms with E-state index in [9.17, 15) is 14.9 Å². The second-order valence-corrected chi connectivity index (χ2v) is 9.96. The van der Waals surface area contributed by atoms with E-state index in [0.29, 0.717) is 28.6 Å². The minimum Gasteiger partial charge on any atom is -0.490 e. The van der Waals surface area contributed by atoms with Crippen molar-refractivity contribution in [3.63, 3.8) is 0 Å². The van der Waals surface area contributed by atoms with E-state index >= 15 is 0 Å². The number of alkyl carbamates (subject to hydrolysis) is 1. The van der Waals surface area contributed by atoms with E-state index in [2.05, 4.69) is 27.6 Å². The Balaban J connectivity index is 0.000000284. The van der Waals surface area contributed by atoms with Crippen molar-refractivity contribution >= 4 is 12.1 Å². The van der Waals surface area contributed by atoms with E-state index in [1.165, 1.54) is 17.5 Å².